The Bertz CT molecular complexity index is 353. The van der Waals surface area contributed by atoms with Crippen LogP contribution in [0.3, 0.4) is 0 Å². The Hall–Kier alpha value is -0.860. The zero-order valence-corrected chi connectivity index (χ0v) is 10.5. The molecule has 0 bridgehead atoms. The maximum atomic E-state index is 6.24. The number of aryl methyl sites for hydroxylation is 2. The van der Waals surface area contributed by atoms with Gasteiger partial charge in [0.25, 0.3) is 0 Å². The van der Waals surface area contributed by atoms with Gasteiger partial charge in [0, 0.05) is 18.6 Å². The molecule has 1 aliphatic heterocycles. The second kappa shape index (κ2) is 4.56. The highest BCUT2D eigenvalue weighted by Gasteiger charge is 2.31. The molecule has 1 fully saturated rings. The number of hydrogen-bond acceptors (Lipinski definition) is 2. The molecule has 2 atom stereocenters. The molecule has 0 radical (unpaired) electrons. The lowest BCUT2D eigenvalue weighted by Crippen LogP contribution is -2.31. The van der Waals surface area contributed by atoms with Gasteiger partial charge in [-0.3, -0.25) is 4.90 Å². The average Bonchev–Trinajstić information content (AvgIpc) is 2.58. The molecular weight excluding hydrogens is 196 g/mol. The summed E-state index contributed by atoms with van der Waals surface area (Å²) >= 11 is 0. The van der Waals surface area contributed by atoms with Crippen LogP contribution in [0.15, 0.2) is 18.2 Å². The first kappa shape index (κ1) is 11.6. The number of nitrogens with two attached hydrogens (primary N) is 1. The lowest BCUT2D eigenvalue weighted by molar-refractivity contribution is 0.261. The molecule has 1 saturated heterocycles. The molecule has 2 nitrogen and oxygen atoms in total. The van der Waals surface area contributed by atoms with Gasteiger partial charge in [-0.05, 0) is 32.4 Å². The summed E-state index contributed by atoms with van der Waals surface area (Å²) in [5.74, 6) is 0. The van der Waals surface area contributed by atoms with Crippen molar-refractivity contribution in [2.45, 2.75) is 39.3 Å². The van der Waals surface area contributed by atoms with E-state index in [-0.39, 0.29) is 0 Å². The zero-order chi connectivity index (χ0) is 11.7. The molecular formula is C14H22N2. The first-order valence-corrected chi connectivity index (χ1v) is 6.19. The summed E-state index contributed by atoms with van der Waals surface area (Å²) in [6.07, 6.45) is 1.12. The minimum atomic E-state index is 0.293. The van der Waals surface area contributed by atoms with Crippen molar-refractivity contribution in [3.63, 3.8) is 0 Å². The molecule has 88 valence electrons. The first-order valence-electron chi connectivity index (χ1n) is 6.19. The number of likely N-dealkylation sites (N-methyl/N-ethyl adjacent to an activating group) is 1. The quantitative estimate of drug-likeness (QED) is 0.826. The Morgan fingerprint density at radius 3 is 2.44 bits per heavy atom. The molecule has 0 amide bonds. The van der Waals surface area contributed by atoms with Gasteiger partial charge in [0.05, 0.1) is 0 Å². The summed E-state index contributed by atoms with van der Waals surface area (Å²) in [6.45, 7) is 8.76. The van der Waals surface area contributed by atoms with Gasteiger partial charge in [-0.25, -0.2) is 0 Å². The molecule has 0 aromatic heterocycles. The molecule has 16 heavy (non-hydrogen) atoms. The van der Waals surface area contributed by atoms with Crippen molar-refractivity contribution in [2.24, 2.45) is 5.73 Å². The highest BCUT2D eigenvalue weighted by atomic mass is 15.2. The third-order valence-electron chi connectivity index (χ3n) is 3.54. The molecule has 2 rings (SSSR count). The van der Waals surface area contributed by atoms with Crippen LogP contribution in [-0.4, -0.2) is 24.0 Å². The molecule has 1 heterocycles. The zero-order valence-electron chi connectivity index (χ0n) is 10.5. The van der Waals surface area contributed by atoms with Gasteiger partial charge in [-0.15, -0.1) is 0 Å². The number of rotatable bonds is 2. The molecule has 0 spiro atoms. The van der Waals surface area contributed by atoms with E-state index in [1.807, 2.05) is 0 Å². The van der Waals surface area contributed by atoms with Gasteiger partial charge >= 0.3 is 0 Å². The van der Waals surface area contributed by atoms with Crippen molar-refractivity contribution in [1.29, 1.82) is 0 Å². The summed E-state index contributed by atoms with van der Waals surface area (Å²) in [4.78, 5) is 2.48. The van der Waals surface area contributed by atoms with E-state index < -0.39 is 0 Å². The third-order valence-corrected chi connectivity index (χ3v) is 3.54. The van der Waals surface area contributed by atoms with Gasteiger partial charge < -0.3 is 5.73 Å². The fourth-order valence-corrected chi connectivity index (χ4v) is 2.88. The third kappa shape index (κ3) is 2.13. The van der Waals surface area contributed by atoms with E-state index >= 15 is 0 Å². The fraction of sp³-hybridized carbons (Fsp3) is 0.571. The monoisotopic (exact) mass is 218 g/mol. The van der Waals surface area contributed by atoms with Crippen LogP contribution in [0.1, 0.15) is 36.1 Å². The van der Waals surface area contributed by atoms with Crippen LogP contribution in [0.2, 0.25) is 0 Å². The number of nitrogens with zero attached hydrogens (tertiary/aromatic N) is 1. The topological polar surface area (TPSA) is 29.3 Å². The van der Waals surface area contributed by atoms with Crippen molar-refractivity contribution in [2.75, 3.05) is 13.1 Å². The van der Waals surface area contributed by atoms with Crippen LogP contribution in [0.4, 0.5) is 0 Å². The molecule has 2 N–H and O–H groups in total. The molecule has 2 unspecified atom stereocenters. The largest absolute Gasteiger partial charge is 0.326 e. The minimum Gasteiger partial charge on any atom is -0.326 e. The molecule has 2 heteroatoms. The Morgan fingerprint density at radius 2 is 1.88 bits per heavy atom. The average molecular weight is 218 g/mol. The van der Waals surface area contributed by atoms with Crippen LogP contribution < -0.4 is 5.73 Å². The van der Waals surface area contributed by atoms with Crippen LogP contribution in [0.25, 0.3) is 0 Å². The molecule has 0 saturated carbocycles. The molecule has 0 aliphatic carbocycles. The Kier molecular flexibility index (Phi) is 3.31. The van der Waals surface area contributed by atoms with E-state index in [4.69, 9.17) is 5.73 Å². The Labute approximate surface area is 98.4 Å². The van der Waals surface area contributed by atoms with E-state index in [2.05, 4.69) is 43.9 Å². The van der Waals surface area contributed by atoms with Crippen molar-refractivity contribution >= 4 is 0 Å². The second-order valence-electron chi connectivity index (χ2n) is 4.95. The smallest absolute Gasteiger partial charge is 0.0499 e. The fourth-order valence-electron chi connectivity index (χ4n) is 2.88. The lowest BCUT2D eigenvalue weighted by Gasteiger charge is -2.26. The van der Waals surface area contributed by atoms with Crippen LogP contribution in [0, 0.1) is 13.8 Å². The van der Waals surface area contributed by atoms with E-state index in [1.165, 1.54) is 16.7 Å². The summed E-state index contributed by atoms with van der Waals surface area (Å²) in [5, 5.41) is 0. The van der Waals surface area contributed by atoms with E-state index in [0.717, 1.165) is 19.5 Å². The van der Waals surface area contributed by atoms with E-state index in [0.29, 0.717) is 12.1 Å². The number of hydrogen-bond donors (Lipinski definition) is 1. The first-order chi connectivity index (χ1) is 7.61. The highest BCUT2D eigenvalue weighted by molar-refractivity contribution is 5.32. The number of likely N-dealkylation sites (tertiary alicyclic amines) is 1. The Balaban J connectivity index is 2.34. The highest BCUT2D eigenvalue weighted by Crippen LogP contribution is 2.31. The predicted molar refractivity (Wildman–Crippen MR) is 68.5 cm³/mol. The summed E-state index contributed by atoms with van der Waals surface area (Å²) in [6, 6.07) is 7.50. The van der Waals surface area contributed by atoms with Gasteiger partial charge in [0.2, 0.25) is 0 Å². The normalized spacial score (nSPS) is 26.2. The van der Waals surface area contributed by atoms with E-state index in [9.17, 15) is 0 Å². The maximum absolute atomic E-state index is 6.24. The minimum absolute atomic E-state index is 0.293. The Morgan fingerprint density at radius 1 is 1.25 bits per heavy atom. The molecule has 1 aliphatic rings. The van der Waals surface area contributed by atoms with Crippen molar-refractivity contribution in [3.8, 4) is 0 Å². The van der Waals surface area contributed by atoms with Gasteiger partial charge in [-0.1, -0.05) is 36.2 Å². The standard InChI is InChI=1S/C14H22N2/c1-4-16-6-5-13(15)14(16)12-8-10(2)7-11(3)9-12/h7-9,13-14H,4-6,15H2,1-3H3. The summed E-state index contributed by atoms with van der Waals surface area (Å²) in [7, 11) is 0. The maximum Gasteiger partial charge on any atom is 0.0499 e. The molecule has 1 aromatic rings. The van der Waals surface area contributed by atoms with Gasteiger partial charge in [0.15, 0.2) is 0 Å². The summed E-state index contributed by atoms with van der Waals surface area (Å²) < 4.78 is 0. The number of benzene rings is 1. The van der Waals surface area contributed by atoms with Crippen LogP contribution >= 0.6 is 0 Å². The molecule has 1 aromatic carbocycles. The van der Waals surface area contributed by atoms with Crippen LogP contribution in [0.5, 0.6) is 0 Å². The second-order valence-corrected chi connectivity index (χ2v) is 4.95. The SMILES string of the molecule is CCN1CCC(N)C1c1cc(C)cc(C)c1. The van der Waals surface area contributed by atoms with Gasteiger partial charge in [0.1, 0.15) is 0 Å². The summed E-state index contributed by atoms with van der Waals surface area (Å²) in [5.41, 5.74) is 10.3. The van der Waals surface area contributed by atoms with E-state index in [1.54, 1.807) is 0 Å². The van der Waals surface area contributed by atoms with Crippen molar-refractivity contribution < 1.29 is 0 Å². The lowest BCUT2D eigenvalue weighted by atomic mass is 9.97. The van der Waals surface area contributed by atoms with Crippen molar-refractivity contribution in [3.05, 3.63) is 34.9 Å². The van der Waals surface area contributed by atoms with Crippen molar-refractivity contribution in [1.82, 2.24) is 4.90 Å². The predicted octanol–water partition coefficient (Wildman–Crippen LogP) is 2.40. The van der Waals surface area contributed by atoms with Crippen LogP contribution in [-0.2, 0) is 0 Å². The van der Waals surface area contributed by atoms with Gasteiger partial charge in [-0.2, -0.15) is 0 Å².